The molecule has 7 nitrogen and oxygen atoms in total. The molecule has 2 unspecified atom stereocenters. The van der Waals surface area contributed by atoms with E-state index in [9.17, 15) is 19.1 Å². The molecule has 0 spiro atoms. The highest BCUT2D eigenvalue weighted by Gasteiger charge is 2.47. The second-order valence-electron chi connectivity index (χ2n) is 12.9. The molecule has 0 saturated carbocycles. The van der Waals surface area contributed by atoms with Crippen LogP contribution in [0.15, 0.2) is 36.4 Å². The molecule has 2 aromatic rings. The van der Waals surface area contributed by atoms with Crippen molar-refractivity contribution in [2.24, 2.45) is 5.92 Å². The number of nitrogens with zero attached hydrogens (tertiary/aromatic N) is 2. The molecule has 2 aromatic carbocycles. The third kappa shape index (κ3) is 7.28. The molecule has 2 saturated heterocycles. The molecule has 3 aliphatic rings. The molecule has 0 bridgehead atoms. The third-order valence-electron chi connectivity index (χ3n) is 9.87. The number of carboxylic acid groups (broad SMARTS) is 1. The molecule has 3 aliphatic heterocycles. The molecular formula is C36H49FN2O5. The summed E-state index contributed by atoms with van der Waals surface area (Å²) >= 11 is 0. The van der Waals surface area contributed by atoms with Gasteiger partial charge in [-0.15, -0.1) is 0 Å². The van der Waals surface area contributed by atoms with Crippen molar-refractivity contribution in [1.82, 2.24) is 4.90 Å². The lowest BCUT2D eigenvalue weighted by Crippen LogP contribution is -2.48. The van der Waals surface area contributed by atoms with Gasteiger partial charge in [0.25, 0.3) is 0 Å². The maximum Gasteiger partial charge on any atom is 0.308 e. The van der Waals surface area contributed by atoms with Gasteiger partial charge in [-0.3, -0.25) is 14.5 Å². The van der Waals surface area contributed by atoms with E-state index in [1.807, 2.05) is 17.0 Å². The highest BCUT2D eigenvalue weighted by atomic mass is 19.1. The van der Waals surface area contributed by atoms with Gasteiger partial charge in [0, 0.05) is 43.3 Å². The fourth-order valence-corrected chi connectivity index (χ4v) is 7.68. The van der Waals surface area contributed by atoms with Crippen LogP contribution in [0.3, 0.4) is 0 Å². The normalized spacial score (nSPS) is 23.5. The van der Waals surface area contributed by atoms with Crippen LogP contribution in [0.5, 0.6) is 5.75 Å². The first-order chi connectivity index (χ1) is 21.3. The highest BCUT2D eigenvalue weighted by Crippen LogP contribution is 2.42. The minimum Gasteiger partial charge on any atom is -0.493 e. The van der Waals surface area contributed by atoms with Gasteiger partial charge in [-0.2, -0.15) is 0 Å². The highest BCUT2D eigenvalue weighted by molar-refractivity contribution is 5.95. The van der Waals surface area contributed by atoms with E-state index in [2.05, 4.69) is 24.8 Å². The summed E-state index contributed by atoms with van der Waals surface area (Å²) in [4.78, 5) is 31.4. The van der Waals surface area contributed by atoms with Crippen LogP contribution in [0.1, 0.15) is 94.2 Å². The minimum atomic E-state index is -0.822. The molecule has 1 N–H and O–H groups in total. The van der Waals surface area contributed by atoms with Crippen molar-refractivity contribution in [3.63, 3.8) is 0 Å². The molecule has 44 heavy (non-hydrogen) atoms. The van der Waals surface area contributed by atoms with Crippen LogP contribution in [0.2, 0.25) is 0 Å². The summed E-state index contributed by atoms with van der Waals surface area (Å²) in [5.41, 5.74) is 3.33. The van der Waals surface area contributed by atoms with Crippen LogP contribution in [0, 0.1) is 18.7 Å². The molecule has 1 amide bonds. The minimum absolute atomic E-state index is 0.0122. The fraction of sp³-hybridized carbons (Fsp3) is 0.611. The van der Waals surface area contributed by atoms with Crippen molar-refractivity contribution >= 4 is 17.6 Å². The topological polar surface area (TPSA) is 79.3 Å². The zero-order valence-electron chi connectivity index (χ0n) is 26.6. The Kier molecular flexibility index (Phi) is 11.0. The summed E-state index contributed by atoms with van der Waals surface area (Å²) in [5.74, 6) is -1.19. The van der Waals surface area contributed by atoms with Gasteiger partial charge >= 0.3 is 5.97 Å². The number of likely N-dealkylation sites (tertiary alicyclic amines) is 1. The summed E-state index contributed by atoms with van der Waals surface area (Å²) in [6.07, 6.45) is 9.10. The average Bonchev–Trinajstić information content (AvgIpc) is 3.63. The van der Waals surface area contributed by atoms with Crippen LogP contribution in [0.25, 0.3) is 0 Å². The van der Waals surface area contributed by atoms with Crippen molar-refractivity contribution in [3.8, 4) is 5.75 Å². The zero-order chi connectivity index (χ0) is 31.2. The van der Waals surface area contributed by atoms with E-state index in [0.29, 0.717) is 30.8 Å². The van der Waals surface area contributed by atoms with Gasteiger partial charge in [0.2, 0.25) is 5.91 Å². The first kappa shape index (κ1) is 32.4. The van der Waals surface area contributed by atoms with Gasteiger partial charge < -0.3 is 19.5 Å². The standard InChI is InChI=1S/C36H49FN2O5/c1-4-8-27(9-5-2)39(28-12-14-31(37)24(3)20-28)34(40)23-38-22-30(25-11-16-33-26(21-25)17-19-44-33)35(36(41)42)32(38)15-13-29-10-6-7-18-43-29/h11-12,14,16,20-21,27,29-30,32,35H,4-10,13,15,17-19,22-23H2,1-3H3,(H,41,42)/t29?,30-,32+,35?/m1/s1. The molecule has 0 radical (unpaired) electrons. The Morgan fingerprint density at radius 1 is 1.07 bits per heavy atom. The van der Waals surface area contributed by atoms with E-state index < -0.39 is 11.9 Å². The van der Waals surface area contributed by atoms with E-state index in [4.69, 9.17) is 9.47 Å². The Balaban J connectivity index is 1.46. The Hall–Kier alpha value is -2.97. The molecule has 8 heteroatoms. The van der Waals surface area contributed by atoms with E-state index in [1.54, 1.807) is 19.1 Å². The Labute approximate surface area is 261 Å². The van der Waals surface area contributed by atoms with Crippen molar-refractivity contribution in [2.75, 3.05) is 31.2 Å². The summed E-state index contributed by atoms with van der Waals surface area (Å²) in [6, 6.07) is 10.7. The number of carbonyl (C=O) groups excluding carboxylic acids is 1. The number of ether oxygens (including phenoxy) is 2. The SMILES string of the molecule is CCCC(CCC)N(C(=O)CN1C[C@H](c2ccc3c(c2)CCO3)C(C(=O)O)[C@@H]1CCC1CCCCO1)c1ccc(F)c(C)c1. The summed E-state index contributed by atoms with van der Waals surface area (Å²) < 4.78 is 26.0. The van der Waals surface area contributed by atoms with Gasteiger partial charge in [-0.05, 0) is 92.8 Å². The molecule has 3 heterocycles. The van der Waals surface area contributed by atoms with Crippen LogP contribution < -0.4 is 9.64 Å². The molecule has 240 valence electrons. The zero-order valence-corrected chi connectivity index (χ0v) is 26.6. The predicted octanol–water partition coefficient (Wildman–Crippen LogP) is 6.89. The predicted molar refractivity (Wildman–Crippen MR) is 170 cm³/mol. The molecular weight excluding hydrogens is 559 g/mol. The lowest BCUT2D eigenvalue weighted by atomic mass is 9.82. The van der Waals surface area contributed by atoms with Crippen molar-refractivity contribution in [2.45, 2.75) is 109 Å². The van der Waals surface area contributed by atoms with Gasteiger partial charge in [0.05, 0.1) is 25.2 Å². The smallest absolute Gasteiger partial charge is 0.308 e. The number of aliphatic carboxylic acids is 1. The Bertz CT molecular complexity index is 1290. The number of aryl methyl sites for hydroxylation is 1. The van der Waals surface area contributed by atoms with Crippen molar-refractivity contribution in [3.05, 3.63) is 58.9 Å². The second-order valence-corrected chi connectivity index (χ2v) is 12.9. The maximum absolute atomic E-state index is 14.4. The number of fused-ring (bicyclic) bond motifs is 1. The average molecular weight is 609 g/mol. The largest absolute Gasteiger partial charge is 0.493 e. The second kappa shape index (κ2) is 14.9. The number of halogens is 1. The monoisotopic (exact) mass is 608 g/mol. The van der Waals surface area contributed by atoms with Crippen LogP contribution in [-0.4, -0.2) is 66.4 Å². The first-order valence-electron chi connectivity index (χ1n) is 16.7. The first-order valence-corrected chi connectivity index (χ1v) is 16.7. The van der Waals surface area contributed by atoms with E-state index in [-0.39, 0.29) is 42.4 Å². The number of hydrogen-bond acceptors (Lipinski definition) is 5. The molecule has 0 aliphatic carbocycles. The Morgan fingerprint density at radius 3 is 2.55 bits per heavy atom. The van der Waals surface area contributed by atoms with Crippen molar-refractivity contribution < 1.29 is 28.6 Å². The van der Waals surface area contributed by atoms with Gasteiger partial charge in [-0.1, -0.05) is 38.8 Å². The summed E-state index contributed by atoms with van der Waals surface area (Å²) in [6.45, 7) is 7.97. The quantitative estimate of drug-likeness (QED) is 0.267. The van der Waals surface area contributed by atoms with Crippen LogP contribution >= 0.6 is 0 Å². The molecule has 5 rings (SSSR count). The van der Waals surface area contributed by atoms with E-state index in [0.717, 1.165) is 81.3 Å². The number of hydrogen-bond donors (Lipinski definition) is 1. The van der Waals surface area contributed by atoms with Crippen LogP contribution in [-0.2, 0) is 20.7 Å². The number of carboxylic acids is 1. The number of amides is 1. The summed E-state index contributed by atoms with van der Waals surface area (Å²) in [5, 5.41) is 10.7. The fourth-order valence-electron chi connectivity index (χ4n) is 7.68. The van der Waals surface area contributed by atoms with Gasteiger partial charge in [-0.25, -0.2) is 4.39 Å². The number of benzene rings is 2. The lowest BCUT2D eigenvalue weighted by Gasteiger charge is -2.35. The van der Waals surface area contributed by atoms with E-state index in [1.165, 1.54) is 6.07 Å². The number of carbonyl (C=O) groups is 2. The third-order valence-corrected chi connectivity index (χ3v) is 9.87. The van der Waals surface area contributed by atoms with Gasteiger partial charge in [0.1, 0.15) is 11.6 Å². The summed E-state index contributed by atoms with van der Waals surface area (Å²) in [7, 11) is 0. The van der Waals surface area contributed by atoms with Crippen LogP contribution in [0.4, 0.5) is 10.1 Å². The Morgan fingerprint density at radius 2 is 1.86 bits per heavy atom. The molecule has 2 fully saturated rings. The number of rotatable bonds is 13. The maximum atomic E-state index is 14.4. The number of anilines is 1. The van der Waals surface area contributed by atoms with Gasteiger partial charge in [0.15, 0.2) is 0 Å². The van der Waals surface area contributed by atoms with Crippen molar-refractivity contribution in [1.29, 1.82) is 0 Å². The van der Waals surface area contributed by atoms with E-state index >= 15 is 0 Å². The molecule has 4 atom stereocenters. The molecule has 0 aromatic heterocycles. The lowest BCUT2D eigenvalue weighted by molar-refractivity contribution is -0.143.